The number of likely N-dealkylation sites (N-methyl/N-ethyl adjacent to an activating group) is 1. The van der Waals surface area contributed by atoms with Crippen molar-refractivity contribution < 1.29 is 10.2 Å². The van der Waals surface area contributed by atoms with Gasteiger partial charge in [-0.3, -0.25) is 0 Å². The summed E-state index contributed by atoms with van der Waals surface area (Å²) in [4.78, 5) is 1.99. The number of phenols is 1. The van der Waals surface area contributed by atoms with Crippen LogP contribution in [0.4, 0.5) is 0 Å². The minimum absolute atomic E-state index is 0.138. The summed E-state index contributed by atoms with van der Waals surface area (Å²) in [6, 6.07) is 7.22. The molecule has 3 nitrogen and oxygen atoms in total. The van der Waals surface area contributed by atoms with Crippen molar-refractivity contribution in [1.29, 1.82) is 0 Å². The molecule has 0 saturated heterocycles. The van der Waals surface area contributed by atoms with E-state index in [-0.39, 0.29) is 18.4 Å². The average Bonchev–Trinajstić information content (AvgIpc) is 2.16. The summed E-state index contributed by atoms with van der Waals surface area (Å²) in [6.45, 7) is 0.147. The molecule has 0 unspecified atom stereocenters. The third-order valence-electron chi connectivity index (χ3n) is 2.35. The Balaban J connectivity index is 2.63. The first-order valence-electron chi connectivity index (χ1n) is 4.68. The number of aliphatic hydroxyl groups is 1. The summed E-state index contributed by atoms with van der Waals surface area (Å²) < 4.78 is 0. The van der Waals surface area contributed by atoms with Gasteiger partial charge in [0.05, 0.1) is 6.61 Å². The fourth-order valence-corrected chi connectivity index (χ4v) is 1.31. The van der Waals surface area contributed by atoms with E-state index in [1.807, 2.05) is 31.1 Å². The first-order valence-corrected chi connectivity index (χ1v) is 4.68. The monoisotopic (exact) mass is 195 g/mol. The van der Waals surface area contributed by atoms with E-state index in [0.717, 1.165) is 12.0 Å². The van der Waals surface area contributed by atoms with Crippen LogP contribution in [0.25, 0.3) is 0 Å². The Kier molecular flexibility index (Phi) is 3.92. The number of rotatable bonds is 4. The van der Waals surface area contributed by atoms with Gasteiger partial charge in [-0.1, -0.05) is 12.1 Å². The Morgan fingerprint density at radius 1 is 1.21 bits per heavy atom. The molecule has 78 valence electrons. The Morgan fingerprint density at radius 3 is 2.21 bits per heavy atom. The van der Waals surface area contributed by atoms with Gasteiger partial charge in [-0.05, 0) is 38.2 Å². The van der Waals surface area contributed by atoms with E-state index in [1.54, 1.807) is 12.1 Å². The zero-order chi connectivity index (χ0) is 10.6. The molecule has 0 bridgehead atoms. The van der Waals surface area contributed by atoms with Crippen molar-refractivity contribution in [3.05, 3.63) is 29.8 Å². The van der Waals surface area contributed by atoms with Gasteiger partial charge in [0.15, 0.2) is 0 Å². The quantitative estimate of drug-likeness (QED) is 0.749. The van der Waals surface area contributed by atoms with Crippen LogP contribution in [0, 0.1) is 0 Å². The molecule has 1 aromatic carbocycles. The average molecular weight is 195 g/mol. The highest BCUT2D eigenvalue weighted by atomic mass is 16.3. The van der Waals surface area contributed by atoms with Crippen LogP contribution in [0.1, 0.15) is 5.56 Å². The summed E-state index contributed by atoms with van der Waals surface area (Å²) in [5.41, 5.74) is 1.12. The van der Waals surface area contributed by atoms with E-state index in [0.29, 0.717) is 0 Å². The largest absolute Gasteiger partial charge is 0.508 e. The zero-order valence-corrected chi connectivity index (χ0v) is 8.64. The van der Waals surface area contributed by atoms with Gasteiger partial charge in [0.1, 0.15) is 5.75 Å². The summed E-state index contributed by atoms with van der Waals surface area (Å²) in [5.74, 6) is 0.277. The van der Waals surface area contributed by atoms with Crippen LogP contribution in [0.3, 0.4) is 0 Å². The van der Waals surface area contributed by atoms with Gasteiger partial charge in [0.25, 0.3) is 0 Å². The fraction of sp³-hybridized carbons (Fsp3) is 0.455. The lowest BCUT2D eigenvalue weighted by atomic mass is 10.1. The van der Waals surface area contributed by atoms with Crippen LogP contribution in [-0.4, -0.2) is 41.9 Å². The standard InChI is InChI=1S/C11H17NO2/c1-12(2)10(8-13)7-9-3-5-11(14)6-4-9/h3-6,10,13-14H,7-8H2,1-2H3/t10-/m0/s1. The highest BCUT2D eigenvalue weighted by Crippen LogP contribution is 2.12. The van der Waals surface area contributed by atoms with E-state index in [1.165, 1.54) is 0 Å². The van der Waals surface area contributed by atoms with Gasteiger partial charge in [0.2, 0.25) is 0 Å². The maximum Gasteiger partial charge on any atom is 0.115 e. The molecular formula is C11H17NO2. The molecule has 0 radical (unpaired) electrons. The van der Waals surface area contributed by atoms with Gasteiger partial charge in [0, 0.05) is 6.04 Å². The highest BCUT2D eigenvalue weighted by Gasteiger charge is 2.10. The molecule has 0 saturated carbocycles. The van der Waals surface area contributed by atoms with Gasteiger partial charge in [-0.2, -0.15) is 0 Å². The van der Waals surface area contributed by atoms with Crippen LogP contribution in [0.2, 0.25) is 0 Å². The van der Waals surface area contributed by atoms with Gasteiger partial charge < -0.3 is 15.1 Å². The molecule has 0 aromatic heterocycles. The molecule has 0 spiro atoms. The first-order chi connectivity index (χ1) is 6.63. The van der Waals surface area contributed by atoms with E-state index in [4.69, 9.17) is 10.2 Å². The summed E-state index contributed by atoms with van der Waals surface area (Å²) in [7, 11) is 3.89. The molecule has 1 atom stereocenters. The number of hydrogen-bond acceptors (Lipinski definition) is 3. The van der Waals surface area contributed by atoms with Crippen LogP contribution < -0.4 is 0 Å². The van der Waals surface area contributed by atoms with Crippen molar-refractivity contribution in [1.82, 2.24) is 4.90 Å². The van der Waals surface area contributed by atoms with Crippen LogP contribution in [-0.2, 0) is 6.42 Å². The van der Waals surface area contributed by atoms with Crippen LogP contribution >= 0.6 is 0 Å². The molecule has 2 N–H and O–H groups in total. The number of aromatic hydroxyl groups is 1. The van der Waals surface area contributed by atoms with E-state index in [2.05, 4.69) is 0 Å². The molecule has 0 aliphatic carbocycles. The normalized spacial score (nSPS) is 13.1. The predicted octanol–water partition coefficient (Wildman–Crippen LogP) is 0.857. The molecular weight excluding hydrogens is 178 g/mol. The van der Waals surface area contributed by atoms with Crippen molar-refractivity contribution in [2.24, 2.45) is 0 Å². The molecule has 0 heterocycles. The van der Waals surface area contributed by atoms with E-state index >= 15 is 0 Å². The smallest absolute Gasteiger partial charge is 0.115 e. The van der Waals surface area contributed by atoms with Crippen molar-refractivity contribution in [3.63, 3.8) is 0 Å². The van der Waals surface area contributed by atoms with Crippen molar-refractivity contribution in [2.75, 3.05) is 20.7 Å². The number of benzene rings is 1. The molecule has 0 aliphatic heterocycles. The third kappa shape index (κ3) is 3.01. The second-order valence-electron chi connectivity index (χ2n) is 3.67. The molecule has 14 heavy (non-hydrogen) atoms. The van der Waals surface area contributed by atoms with E-state index < -0.39 is 0 Å². The second-order valence-corrected chi connectivity index (χ2v) is 3.67. The summed E-state index contributed by atoms with van der Waals surface area (Å²) in [5, 5.41) is 18.2. The topological polar surface area (TPSA) is 43.7 Å². The van der Waals surface area contributed by atoms with E-state index in [9.17, 15) is 0 Å². The first kappa shape index (κ1) is 11.0. The third-order valence-corrected chi connectivity index (χ3v) is 2.35. The SMILES string of the molecule is CN(C)[C@H](CO)Cc1ccc(O)cc1. The number of hydrogen-bond donors (Lipinski definition) is 2. The minimum atomic E-state index is 0.138. The molecule has 0 amide bonds. The predicted molar refractivity (Wildman–Crippen MR) is 56.4 cm³/mol. The summed E-state index contributed by atoms with van der Waals surface area (Å²) >= 11 is 0. The number of aliphatic hydroxyl groups excluding tert-OH is 1. The van der Waals surface area contributed by atoms with Gasteiger partial charge in [-0.15, -0.1) is 0 Å². The van der Waals surface area contributed by atoms with Crippen LogP contribution in [0.15, 0.2) is 24.3 Å². The number of nitrogens with zero attached hydrogens (tertiary/aromatic N) is 1. The molecule has 0 fully saturated rings. The Hall–Kier alpha value is -1.06. The highest BCUT2D eigenvalue weighted by molar-refractivity contribution is 5.26. The minimum Gasteiger partial charge on any atom is -0.508 e. The lowest BCUT2D eigenvalue weighted by Crippen LogP contribution is -2.33. The van der Waals surface area contributed by atoms with Crippen molar-refractivity contribution in [3.8, 4) is 5.75 Å². The lowest BCUT2D eigenvalue weighted by Gasteiger charge is -2.21. The van der Waals surface area contributed by atoms with Crippen molar-refractivity contribution in [2.45, 2.75) is 12.5 Å². The number of phenolic OH excluding ortho intramolecular Hbond substituents is 1. The second kappa shape index (κ2) is 4.98. The Morgan fingerprint density at radius 2 is 1.79 bits per heavy atom. The molecule has 1 rings (SSSR count). The molecule has 1 aromatic rings. The maximum absolute atomic E-state index is 9.12. The zero-order valence-electron chi connectivity index (χ0n) is 8.64. The Labute approximate surface area is 84.6 Å². The maximum atomic E-state index is 9.12. The lowest BCUT2D eigenvalue weighted by molar-refractivity contribution is 0.169. The molecule has 0 aliphatic rings. The fourth-order valence-electron chi connectivity index (χ4n) is 1.31. The van der Waals surface area contributed by atoms with Gasteiger partial charge in [-0.25, -0.2) is 0 Å². The van der Waals surface area contributed by atoms with Crippen molar-refractivity contribution >= 4 is 0 Å². The summed E-state index contributed by atoms with van der Waals surface area (Å²) in [6.07, 6.45) is 0.795. The molecule has 3 heteroatoms. The van der Waals surface area contributed by atoms with Crippen LogP contribution in [0.5, 0.6) is 5.75 Å². The van der Waals surface area contributed by atoms with Gasteiger partial charge >= 0.3 is 0 Å². The Bertz CT molecular complexity index is 269.